The van der Waals surface area contributed by atoms with Gasteiger partial charge in [-0.25, -0.2) is 0 Å². The van der Waals surface area contributed by atoms with Crippen LogP contribution in [0.5, 0.6) is 0 Å². The lowest BCUT2D eigenvalue weighted by Gasteiger charge is -2.25. The van der Waals surface area contributed by atoms with Crippen molar-refractivity contribution in [1.82, 2.24) is 10.2 Å². The number of aryl methyl sites for hydroxylation is 1. The molecule has 13 heavy (non-hydrogen) atoms. The third-order valence-corrected chi connectivity index (χ3v) is 2.93. The first kappa shape index (κ1) is 8.75. The Hall–Kier alpha value is -0.830. The Morgan fingerprint density at radius 1 is 1.54 bits per heavy atom. The number of rotatable bonds is 4. The average molecular weight is 179 g/mol. The van der Waals surface area contributed by atoms with E-state index in [1.54, 1.807) is 0 Å². The first-order valence-corrected chi connectivity index (χ1v) is 5.14. The van der Waals surface area contributed by atoms with E-state index in [-0.39, 0.29) is 0 Å². The zero-order valence-corrected chi connectivity index (χ0v) is 7.92. The first-order valence-electron chi connectivity index (χ1n) is 5.14. The zero-order chi connectivity index (χ0) is 9.10. The fraction of sp³-hybridized carbons (Fsp3) is 0.700. The second-order valence-electron chi connectivity index (χ2n) is 3.82. The van der Waals surface area contributed by atoms with Gasteiger partial charge >= 0.3 is 0 Å². The maximum Gasteiger partial charge on any atom is 0.0524 e. The number of nitrogens with zero attached hydrogens (tertiary/aromatic N) is 1. The van der Waals surface area contributed by atoms with Gasteiger partial charge in [-0.15, -0.1) is 0 Å². The monoisotopic (exact) mass is 179 g/mol. The van der Waals surface area contributed by atoms with E-state index in [0.29, 0.717) is 0 Å². The Labute approximate surface area is 78.7 Å². The summed E-state index contributed by atoms with van der Waals surface area (Å²) in [6, 6.07) is 0. The van der Waals surface area contributed by atoms with Crippen molar-refractivity contribution in [2.45, 2.75) is 38.0 Å². The fourth-order valence-corrected chi connectivity index (χ4v) is 1.87. The molecule has 0 atom stereocenters. The van der Waals surface area contributed by atoms with Crippen molar-refractivity contribution in [3.63, 3.8) is 0 Å². The lowest BCUT2D eigenvalue weighted by atomic mass is 9.80. The van der Waals surface area contributed by atoms with Gasteiger partial charge in [0.05, 0.1) is 6.20 Å². The molecule has 1 aliphatic carbocycles. The van der Waals surface area contributed by atoms with Crippen molar-refractivity contribution in [3.8, 4) is 0 Å². The van der Waals surface area contributed by atoms with Gasteiger partial charge < -0.3 is 5.73 Å². The van der Waals surface area contributed by atoms with Crippen LogP contribution in [0.25, 0.3) is 0 Å². The Morgan fingerprint density at radius 3 is 3.00 bits per heavy atom. The molecule has 0 aromatic carbocycles. The quantitative estimate of drug-likeness (QED) is 0.737. The number of hydrogen-bond donors (Lipinski definition) is 2. The van der Waals surface area contributed by atoms with Crippen molar-refractivity contribution >= 4 is 0 Å². The van der Waals surface area contributed by atoms with Crippen molar-refractivity contribution in [1.29, 1.82) is 0 Å². The maximum atomic E-state index is 5.48. The number of aromatic nitrogens is 2. The van der Waals surface area contributed by atoms with E-state index in [2.05, 4.69) is 10.2 Å². The van der Waals surface area contributed by atoms with E-state index in [0.717, 1.165) is 25.3 Å². The Balaban J connectivity index is 2.02. The topological polar surface area (TPSA) is 54.7 Å². The largest absolute Gasteiger partial charge is 0.330 e. The van der Waals surface area contributed by atoms with Crippen molar-refractivity contribution in [2.75, 3.05) is 6.54 Å². The molecule has 1 heterocycles. The number of aromatic amines is 1. The third kappa shape index (κ3) is 1.75. The Bertz CT molecular complexity index is 263. The van der Waals surface area contributed by atoms with Crippen LogP contribution in [-0.4, -0.2) is 16.7 Å². The van der Waals surface area contributed by atoms with E-state index in [1.165, 1.54) is 30.5 Å². The summed E-state index contributed by atoms with van der Waals surface area (Å²) in [4.78, 5) is 0. The lowest BCUT2D eigenvalue weighted by molar-refractivity contribution is 0.417. The molecule has 72 valence electrons. The standard InChI is InChI=1S/C10H17N3/c11-6-2-5-10-9(7-12-13-10)8-3-1-4-8/h7-8H,1-6,11H2,(H,12,13). The predicted molar refractivity (Wildman–Crippen MR) is 52.6 cm³/mol. The molecule has 1 aliphatic rings. The summed E-state index contributed by atoms with van der Waals surface area (Å²) in [5.74, 6) is 0.784. The van der Waals surface area contributed by atoms with E-state index < -0.39 is 0 Å². The zero-order valence-electron chi connectivity index (χ0n) is 7.92. The minimum Gasteiger partial charge on any atom is -0.330 e. The Kier molecular flexibility index (Phi) is 2.64. The highest BCUT2D eigenvalue weighted by Crippen LogP contribution is 2.37. The molecule has 0 spiro atoms. The summed E-state index contributed by atoms with van der Waals surface area (Å²) in [5, 5.41) is 7.20. The SMILES string of the molecule is NCCCc1[nH]ncc1C1CCC1. The summed E-state index contributed by atoms with van der Waals surface area (Å²) >= 11 is 0. The summed E-state index contributed by atoms with van der Waals surface area (Å²) in [5.41, 5.74) is 8.24. The smallest absolute Gasteiger partial charge is 0.0524 e. The molecule has 3 nitrogen and oxygen atoms in total. The van der Waals surface area contributed by atoms with Crippen molar-refractivity contribution in [3.05, 3.63) is 17.5 Å². The summed E-state index contributed by atoms with van der Waals surface area (Å²) in [6.45, 7) is 0.767. The molecular weight excluding hydrogens is 162 g/mol. The molecule has 3 heteroatoms. The van der Waals surface area contributed by atoms with Gasteiger partial charge in [0.2, 0.25) is 0 Å². The second kappa shape index (κ2) is 3.92. The molecule has 2 rings (SSSR count). The van der Waals surface area contributed by atoms with Gasteiger partial charge in [0.25, 0.3) is 0 Å². The van der Waals surface area contributed by atoms with Crippen LogP contribution in [0.3, 0.4) is 0 Å². The first-order chi connectivity index (χ1) is 6.42. The van der Waals surface area contributed by atoms with Crippen LogP contribution in [0, 0.1) is 0 Å². The third-order valence-electron chi connectivity index (χ3n) is 2.93. The van der Waals surface area contributed by atoms with E-state index in [1.807, 2.05) is 6.20 Å². The van der Waals surface area contributed by atoms with Crippen LogP contribution in [0.4, 0.5) is 0 Å². The number of hydrogen-bond acceptors (Lipinski definition) is 2. The van der Waals surface area contributed by atoms with Crippen molar-refractivity contribution < 1.29 is 0 Å². The van der Waals surface area contributed by atoms with Crippen LogP contribution in [0.15, 0.2) is 6.20 Å². The molecule has 0 radical (unpaired) electrons. The van der Waals surface area contributed by atoms with Crippen LogP contribution >= 0.6 is 0 Å². The summed E-state index contributed by atoms with van der Waals surface area (Å²) in [6.07, 6.45) is 8.18. The van der Waals surface area contributed by atoms with Gasteiger partial charge in [-0.3, -0.25) is 5.10 Å². The molecule has 3 N–H and O–H groups in total. The summed E-state index contributed by atoms with van der Waals surface area (Å²) < 4.78 is 0. The minimum absolute atomic E-state index is 0.767. The molecule has 1 aromatic heterocycles. The molecule has 1 fully saturated rings. The molecular formula is C10H17N3. The molecule has 0 saturated heterocycles. The highest BCUT2D eigenvalue weighted by Gasteiger charge is 2.22. The molecule has 0 aliphatic heterocycles. The van der Waals surface area contributed by atoms with E-state index in [9.17, 15) is 0 Å². The Morgan fingerprint density at radius 2 is 2.38 bits per heavy atom. The molecule has 0 amide bonds. The van der Waals surface area contributed by atoms with Crippen LogP contribution in [-0.2, 0) is 6.42 Å². The van der Waals surface area contributed by atoms with Gasteiger partial charge in [0.1, 0.15) is 0 Å². The average Bonchev–Trinajstić information content (AvgIpc) is 2.46. The maximum absolute atomic E-state index is 5.48. The number of nitrogens with two attached hydrogens (primary N) is 1. The van der Waals surface area contributed by atoms with Crippen molar-refractivity contribution in [2.24, 2.45) is 5.73 Å². The highest BCUT2D eigenvalue weighted by atomic mass is 15.1. The highest BCUT2D eigenvalue weighted by molar-refractivity contribution is 5.23. The molecule has 1 saturated carbocycles. The number of H-pyrrole nitrogens is 1. The van der Waals surface area contributed by atoms with Gasteiger partial charge in [-0.1, -0.05) is 6.42 Å². The number of nitrogens with one attached hydrogen (secondary N) is 1. The van der Waals surface area contributed by atoms with E-state index in [4.69, 9.17) is 5.73 Å². The molecule has 0 unspecified atom stereocenters. The summed E-state index contributed by atoms with van der Waals surface area (Å²) in [7, 11) is 0. The van der Waals surface area contributed by atoms with Gasteiger partial charge in [-0.05, 0) is 43.7 Å². The molecule has 0 bridgehead atoms. The van der Waals surface area contributed by atoms with Crippen LogP contribution in [0.2, 0.25) is 0 Å². The van der Waals surface area contributed by atoms with E-state index >= 15 is 0 Å². The molecule has 1 aromatic rings. The van der Waals surface area contributed by atoms with Gasteiger partial charge in [0.15, 0.2) is 0 Å². The van der Waals surface area contributed by atoms with Gasteiger partial charge in [0, 0.05) is 5.69 Å². The normalized spacial score (nSPS) is 17.3. The predicted octanol–water partition coefficient (Wildman–Crippen LogP) is 1.57. The van der Waals surface area contributed by atoms with Crippen LogP contribution in [0.1, 0.15) is 42.9 Å². The lowest BCUT2D eigenvalue weighted by Crippen LogP contribution is -2.11. The fourth-order valence-electron chi connectivity index (χ4n) is 1.87. The van der Waals surface area contributed by atoms with Crippen LogP contribution < -0.4 is 5.73 Å². The second-order valence-corrected chi connectivity index (χ2v) is 3.82. The van der Waals surface area contributed by atoms with Gasteiger partial charge in [-0.2, -0.15) is 5.10 Å². The minimum atomic E-state index is 0.767.